The lowest BCUT2D eigenvalue weighted by atomic mass is 9.94. The molecule has 2 aromatic rings. The number of benzene rings is 1. The van der Waals surface area contributed by atoms with E-state index in [0.717, 1.165) is 15.6 Å². The number of hydrogen-bond acceptors (Lipinski definition) is 8. The standard InChI is InChI=1S/C16H13BrN8/c1-7-4-8(2-3-10(7)17)13-11-12(20)9(5-18)14(21)24-15(11)25-16(23-13)22-6-19/h2-4,13H,1H3,(H6,20,21,22,23,24,25). The van der Waals surface area contributed by atoms with Gasteiger partial charge in [-0.15, -0.1) is 0 Å². The molecule has 25 heavy (non-hydrogen) atoms. The van der Waals surface area contributed by atoms with Crippen LogP contribution < -0.4 is 22.1 Å². The molecule has 0 fully saturated rings. The average molecular weight is 397 g/mol. The summed E-state index contributed by atoms with van der Waals surface area (Å²) in [6, 6.07) is 7.21. The lowest BCUT2D eigenvalue weighted by molar-refractivity contribution is 0.845. The summed E-state index contributed by atoms with van der Waals surface area (Å²) in [4.78, 5) is 8.72. The van der Waals surface area contributed by atoms with Crippen LogP contribution in [0.5, 0.6) is 0 Å². The van der Waals surface area contributed by atoms with Crippen LogP contribution in [0.4, 0.5) is 17.3 Å². The van der Waals surface area contributed by atoms with Crippen LogP contribution in [0.15, 0.2) is 27.7 Å². The van der Waals surface area contributed by atoms with Crippen molar-refractivity contribution in [3.05, 3.63) is 44.9 Å². The highest BCUT2D eigenvalue weighted by Crippen LogP contribution is 2.40. The number of anilines is 3. The number of hydrogen-bond donors (Lipinski definition) is 4. The Labute approximate surface area is 152 Å². The van der Waals surface area contributed by atoms with Crippen molar-refractivity contribution in [1.29, 1.82) is 10.5 Å². The van der Waals surface area contributed by atoms with Crippen LogP contribution in [0, 0.1) is 29.7 Å². The van der Waals surface area contributed by atoms with E-state index in [2.05, 4.69) is 36.5 Å². The normalized spacial score (nSPS) is 15.2. The number of pyridine rings is 1. The predicted octanol–water partition coefficient (Wildman–Crippen LogP) is 2.13. The second-order valence-electron chi connectivity index (χ2n) is 5.41. The van der Waals surface area contributed by atoms with Gasteiger partial charge in [-0.3, -0.25) is 5.32 Å². The van der Waals surface area contributed by atoms with Crippen molar-refractivity contribution in [1.82, 2.24) is 10.3 Å². The molecule has 0 radical (unpaired) electrons. The number of nitriles is 2. The zero-order valence-electron chi connectivity index (χ0n) is 13.1. The number of halogens is 1. The van der Waals surface area contributed by atoms with E-state index < -0.39 is 6.04 Å². The van der Waals surface area contributed by atoms with Gasteiger partial charge in [-0.1, -0.05) is 28.1 Å². The van der Waals surface area contributed by atoms with E-state index in [1.54, 1.807) is 0 Å². The smallest absolute Gasteiger partial charge is 0.211 e. The first-order chi connectivity index (χ1) is 12.0. The van der Waals surface area contributed by atoms with Crippen LogP contribution in [-0.4, -0.2) is 10.9 Å². The predicted molar refractivity (Wildman–Crippen MR) is 98.3 cm³/mol. The van der Waals surface area contributed by atoms with Gasteiger partial charge >= 0.3 is 0 Å². The fourth-order valence-electron chi connectivity index (χ4n) is 2.66. The molecule has 1 aromatic heterocycles. The number of aromatic nitrogens is 1. The molecule has 9 heteroatoms. The summed E-state index contributed by atoms with van der Waals surface area (Å²) in [6.07, 6.45) is 1.82. The molecule has 0 saturated heterocycles. The zero-order valence-corrected chi connectivity index (χ0v) is 14.7. The fraction of sp³-hybridized carbons (Fsp3) is 0.125. The molecule has 0 bridgehead atoms. The van der Waals surface area contributed by atoms with Crippen LogP contribution in [-0.2, 0) is 0 Å². The molecule has 1 aromatic carbocycles. The van der Waals surface area contributed by atoms with E-state index in [4.69, 9.17) is 16.7 Å². The topological polar surface area (TPSA) is 149 Å². The summed E-state index contributed by atoms with van der Waals surface area (Å²) in [6.45, 7) is 1.96. The van der Waals surface area contributed by atoms with Crippen LogP contribution in [0.2, 0.25) is 0 Å². The van der Waals surface area contributed by atoms with Gasteiger partial charge in [0.1, 0.15) is 29.3 Å². The van der Waals surface area contributed by atoms with Gasteiger partial charge in [-0.2, -0.15) is 10.5 Å². The minimum atomic E-state index is -0.529. The Balaban J connectivity index is 2.25. The summed E-state index contributed by atoms with van der Waals surface area (Å²) in [7, 11) is 0. The maximum Gasteiger partial charge on any atom is 0.211 e. The van der Waals surface area contributed by atoms with Crippen LogP contribution in [0.1, 0.15) is 28.3 Å². The summed E-state index contributed by atoms with van der Waals surface area (Å²) in [5, 5.41) is 23.6. The Morgan fingerprint density at radius 1 is 1.32 bits per heavy atom. The molecular formula is C16H13BrN8. The number of rotatable bonds is 1. The van der Waals surface area contributed by atoms with Crippen molar-refractivity contribution in [3.8, 4) is 12.3 Å². The van der Waals surface area contributed by atoms with E-state index in [9.17, 15) is 5.26 Å². The highest BCUT2D eigenvalue weighted by atomic mass is 79.9. The molecule has 0 amide bonds. The second-order valence-corrected chi connectivity index (χ2v) is 6.26. The Bertz CT molecular complexity index is 983. The van der Waals surface area contributed by atoms with Gasteiger partial charge in [0.2, 0.25) is 5.96 Å². The molecule has 0 saturated carbocycles. The lowest BCUT2D eigenvalue weighted by Gasteiger charge is -2.26. The minimum Gasteiger partial charge on any atom is -0.397 e. The maximum atomic E-state index is 9.31. The van der Waals surface area contributed by atoms with E-state index >= 15 is 0 Å². The third-order valence-corrected chi connectivity index (χ3v) is 4.75. The van der Waals surface area contributed by atoms with Gasteiger partial charge in [0.25, 0.3) is 0 Å². The summed E-state index contributed by atoms with van der Waals surface area (Å²) < 4.78 is 0.964. The number of fused-ring (bicyclic) bond motifs is 1. The van der Waals surface area contributed by atoms with Crippen molar-refractivity contribution >= 4 is 39.2 Å². The van der Waals surface area contributed by atoms with E-state index in [-0.39, 0.29) is 23.0 Å². The molecule has 1 unspecified atom stereocenters. The SMILES string of the molecule is Cc1cc(C2N=C(NC#N)Nc3nc(N)c(C#N)c(N)c32)ccc1Br. The van der Waals surface area contributed by atoms with Crippen LogP contribution in [0.3, 0.4) is 0 Å². The zero-order chi connectivity index (χ0) is 18.1. The Morgan fingerprint density at radius 2 is 2.08 bits per heavy atom. The number of aliphatic imine (C=N–C) groups is 1. The van der Waals surface area contributed by atoms with Crippen molar-refractivity contribution < 1.29 is 0 Å². The number of nitrogens with one attached hydrogen (secondary N) is 2. The van der Waals surface area contributed by atoms with Crippen molar-refractivity contribution in [2.75, 3.05) is 16.8 Å². The highest BCUT2D eigenvalue weighted by Gasteiger charge is 2.29. The molecule has 8 nitrogen and oxygen atoms in total. The monoisotopic (exact) mass is 396 g/mol. The van der Waals surface area contributed by atoms with Gasteiger partial charge < -0.3 is 16.8 Å². The molecule has 1 aliphatic heterocycles. The van der Waals surface area contributed by atoms with Crippen molar-refractivity contribution in [2.45, 2.75) is 13.0 Å². The van der Waals surface area contributed by atoms with Gasteiger partial charge in [0.05, 0.1) is 5.69 Å². The van der Waals surface area contributed by atoms with Gasteiger partial charge in [0, 0.05) is 10.0 Å². The molecule has 3 rings (SSSR count). The average Bonchev–Trinajstić information content (AvgIpc) is 2.57. The third kappa shape index (κ3) is 2.82. The summed E-state index contributed by atoms with van der Waals surface area (Å²) in [5.41, 5.74) is 14.8. The fourth-order valence-corrected chi connectivity index (χ4v) is 2.91. The summed E-state index contributed by atoms with van der Waals surface area (Å²) in [5.74, 6) is 0.624. The molecule has 2 heterocycles. The first kappa shape index (κ1) is 16.6. The minimum absolute atomic E-state index is 0.0233. The largest absolute Gasteiger partial charge is 0.397 e. The second kappa shape index (κ2) is 6.30. The van der Waals surface area contributed by atoms with Gasteiger partial charge in [0.15, 0.2) is 6.19 Å². The van der Waals surface area contributed by atoms with Gasteiger partial charge in [-0.25, -0.2) is 9.98 Å². The van der Waals surface area contributed by atoms with E-state index in [1.807, 2.05) is 37.4 Å². The van der Waals surface area contributed by atoms with E-state index in [1.165, 1.54) is 0 Å². The summed E-state index contributed by atoms with van der Waals surface area (Å²) >= 11 is 3.47. The van der Waals surface area contributed by atoms with E-state index in [0.29, 0.717) is 11.4 Å². The molecule has 124 valence electrons. The number of nitrogens with two attached hydrogens (primary N) is 2. The third-order valence-electron chi connectivity index (χ3n) is 3.86. The molecule has 1 aliphatic rings. The molecule has 0 spiro atoms. The number of guanidine groups is 1. The Hall–Kier alpha value is -3.30. The number of nitrogens with zero attached hydrogens (tertiary/aromatic N) is 4. The Kier molecular flexibility index (Phi) is 4.17. The van der Waals surface area contributed by atoms with Gasteiger partial charge in [-0.05, 0) is 24.1 Å². The first-order valence-electron chi connectivity index (χ1n) is 7.21. The van der Waals surface area contributed by atoms with Crippen LogP contribution in [0.25, 0.3) is 0 Å². The molecular weight excluding hydrogens is 384 g/mol. The molecule has 1 atom stereocenters. The quantitative estimate of drug-likeness (QED) is 0.425. The first-order valence-corrected chi connectivity index (χ1v) is 8.00. The number of nitrogen functional groups attached to an aromatic ring is 2. The number of aryl methyl sites for hydroxylation is 1. The highest BCUT2D eigenvalue weighted by molar-refractivity contribution is 9.10. The van der Waals surface area contributed by atoms with Crippen molar-refractivity contribution in [2.24, 2.45) is 4.99 Å². The Morgan fingerprint density at radius 3 is 2.72 bits per heavy atom. The van der Waals surface area contributed by atoms with Crippen molar-refractivity contribution in [3.63, 3.8) is 0 Å². The molecule has 6 N–H and O–H groups in total. The maximum absolute atomic E-state index is 9.31. The lowest BCUT2D eigenvalue weighted by Crippen LogP contribution is -2.32. The van der Waals surface area contributed by atoms with Crippen LogP contribution >= 0.6 is 15.9 Å². The molecule has 0 aliphatic carbocycles.